The van der Waals surface area contributed by atoms with E-state index in [9.17, 15) is 0 Å². The maximum atomic E-state index is 5.77. The van der Waals surface area contributed by atoms with Gasteiger partial charge in [-0.2, -0.15) is 10.2 Å². The van der Waals surface area contributed by atoms with Crippen LogP contribution in [-0.2, 0) is 6.61 Å². The van der Waals surface area contributed by atoms with Crippen LogP contribution in [0.5, 0.6) is 5.75 Å². The minimum atomic E-state index is 0.560. The number of hydrogen-bond acceptors (Lipinski definition) is 3. The van der Waals surface area contributed by atoms with Crippen LogP contribution in [0.4, 0.5) is 11.4 Å². The van der Waals surface area contributed by atoms with Gasteiger partial charge in [0.25, 0.3) is 0 Å². The quantitative estimate of drug-likeness (QED) is 0.509. The van der Waals surface area contributed by atoms with E-state index in [1.807, 2.05) is 67.6 Å². The molecule has 0 saturated carbocycles. The Morgan fingerprint density at radius 3 is 2.29 bits per heavy atom. The van der Waals surface area contributed by atoms with Gasteiger partial charge in [0.1, 0.15) is 12.4 Å². The minimum Gasteiger partial charge on any atom is -0.489 e. The zero-order valence-corrected chi connectivity index (χ0v) is 13.9. The van der Waals surface area contributed by atoms with Crippen molar-refractivity contribution in [3.63, 3.8) is 0 Å². The Bertz CT molecular complexity index is 824. The smallest absolute Gasteiger partial charge is 0.119 e. The Kier molecular flexibility index (Phi) is 5.02. The summed E-state index contributed by atoms with van der Waals surface area (Å²) >= 11 is 0. The first-order valence-corrected chi connectivity index (χ1v) is 7.96. The number of azo groups is 1. The van der Waals surface area contributed by atoms with Gasteiger partial charge >= 0.3 is 0 Å². The fourth-order valence-electron chi connectivity index (χ4n) is 2.29. The van der Waals surface area contributed by atoms with E-state index in [4.69, 9.17) is 4.74 Å². The summed E-state index contributed by atoms with van der Waals surface area (Å²) in [5.74, 6) is 0.824. The molecule has 0 aliphatic carbocycles. The molecule has 3 aromatic rings. The van der Waals surface area contributed by atoms with Crippen molar-refractivity contribution in [1.82, 2.24) is 0 Å². The lowest BCUT2D eigenvalue weighted by Gasteiger charge is -2.06. The fraction of sp³-hybridized carbons (Fsp3) is 0.143. The molecule has 3 nitrogen and oxygen atoms in total. The van der Waals surface area contributed by atoms with Crippen molar-refractivity contribution >= 4 is 11.4 Å². The van der Waals surface area contributed by atoms with E-state index in [0.717, 1.165) is 28.3 Å². The number of ether oxygens (including phenoxy) is 1. The molecule has 3 aromatic carbocycles. The van der Waals surface area contributed by atoms with Crippen molar-refractivity contribution in [2.45, 2.75) is 20.5 Å². The molecule has 0 atom stereocenters. The van der Waals surface area contributed by atoms with E-state index in [1.54, 1.807) is 0 Å². The van der Waals surface area contributed by atoms with E-state index in [-0.39, 0.29) is 0 Å². The maximum Gasteiger partial charge on any atom is 0.119 e. The molecule has 0 aliphatic rings. The molecule has 3 rings (SSSR count). The van der Waals surface area contributed by atoms with Crippen LogP contribution >= 0.6 is 0 Å². The summed E-state index contributed by atoms with van der Waals surface area (Å²) in [7, 11) is 0. The molecule has 0 aliphatic heterocycles. The largest absolute Gasteiger partial charge is 0.489 e. The van der Waals surface area contributed by atoms with Crippen molar-refractivity contribution < 1.29 is 4.74 Å². The first kappa shape index (κ1) is 15.9. The highest BCUT2D eigenvalue weighted by Gasteiger charge is 1.99. The van der Waals surface area contributed by atoms with Gasteiger partial charge in [0.15, 0.2) is 0 Å². The van der Waals surface area contributed by atoms with Crippen molar-refractivity contribution in [2.24, 2.45) is 10.2 Å². The van der Waals surface area contributed by atoms with Gasteiger partial charge in [-0.3, -0.25) is 0 Å². The standard InChI is InChI=1S/C21H20N2O/c1-16-8-9-17(2)21(14-16)23-22-19-10-12-20(13-11-19)24-15-18-6-4-3-5-7-18/h3-14H,15H2,1-2H3. The fourth-order valence-corrected chi connectivity index (χ4v) is 2.29. The molecular formula is C21H20N2O. The van der Waals surface area contributed by atoms with Gasteiger partial charge in [-0.05, 0) is 60.9 Å². The molecule has 0 aromatic heterocycles. The van der Waals surface area contributed by atoms with Crippen LogP contribution in [0.1, 0.15) is 16.7 Å². The second-order valence-electron chi connectivity index (χ2n) is 5.76. The second-order valence-corrected chi connectivity index (χ2v) is 5.76. The average molecular weight is 316 g/mol. The number of benzene rings is 3. The summed E-state index contributed by atoms with van der Waals surface area (Å²) in [6.45, 7) is 4.65. The van der Waals surface area contributed by atoms with Gasteiger partial charge in [0.05, 0.1) is 11.4 Å². The van der Waals surface area contributed by atoms with Gasteiger partial charge in [-0.1, -0.05) is 42.5 Å². The maximum absolute atomic E-state index is 5.77. The summed E-state index contributed by atoms with van der Waals surface area (Å²) in [6.07, 6.45) is 0. The predicted octanol–water partition coefficient (Wildman–Crippen LogP) is 6.30. The third-order valence-electron chi connectivity index (χ3n) is 3.72. The van der Waals surface area contributed by atoms with Gasteiger partial charge in [-0.25, -0.2) is 0 Å². The van der Waals surface area contributed by atoms with Gasteiger partial charge in [0, 0.05) is 0 Å². The zero-order chi connectivity index (χ0) is 16.8. The zero-order valence-electron chi connectivity index (χ0n) is 13.9. The first-order chi connectivity index (χ1) is 11.7. The lowest BCUT2D eigenvalue weighted by molar-refractivity contribution is 0.306. The summed E-state index contributed by atoms with van der Waals surface area (Å²) in [4.78, 5) is 0. The lowest BCUT2D eigenvalue weighted by atomic mass is 10.1. The molecule has 0 amide bonds. The molecule has 0 radical (unpaired) electrons. The summed E-state index contributed by atoms with van der Waals surface area (Å²) in [6, 6.07) is 23.9. The molecule has 0 heterocycles. The van der Waals surface area contributed by atoms with E-state index in [0.29, 0.717) is 6.61 Å². The van der Waals surface area contributed by atoms with Crippen molar-refractivity contribution in [3.8, 4) is 5.75 Å². The van der Waals surface area contributed by atoms with Crippen LogP contribution in [-0.4, -0.2) is 0 Å². The Labute approximate surface area is 142 Å². The Morgan fingerprint density at radius 2 is 1.54 bits per heavy atom. The van der Waals surface area contributed by atoms with E-state index >= 15 is 0 Å². The number of nitrogens with zero attached hydrogens (tertiary/aromatic N) is 2. The summed E-state index contributed by atoms with van der Waals surface area (Å²) < 4.78 is 5.77. The molecule has 0 bridgehead atoms. The van der Waals surface area contributed by atoms with Crippen molar-refractivity contribution in [2.75, 3.05) is 0 Å². The lowest BCUT2D eigenvalue weighted by Crippen LogP contribution is -1.94. The van der Waals surface area contributed by atoms with Crippen molar-refractivity contribution in [1.29, 1.82) is 0 Å². The SMILES string of the molecule is Cc1ccc(C)c(N=Nc2ccc(OCc3ccccc3)cc2)c1. The number of hydrogen-bond donors (Lipinski definition) is 0. The first-order valence-electron chi connectivity index (χ1n) is 7.96. The van der Waals surface area contributed by atoms with Crippen LogP contribution < -0.4 is 4.74 Å². The van der Waals surface area contributed by atoms with Crippen molar-refractivity contribution in [3.05, 3.63) is 89.5 Å². The second kappa shape index (κ2) is 7.55. The monoisotopic (exact) mass is 316 g/mol. The van der Waals surface area contributed by atoms with Gasteiger partial charge in [-0.15, -0.1) is 0 Å². The highest BCUT2D eigenvalue weighted by Crippen LogP contribution is 2.24. The topological polar surface area (TPSA) is 34.0 Å². The molecule has 120 valence electrons. The van der Waals surface area contributed by atoms with Crippen LogP contribution in [0.3, 0.4) is 0 Å². The average Bonchev–Trinajstić information content (AvgIpc) is 2.62. The summed E-state index contributed by atoms with van der Waals surface area (Å²) in [5, 5.41) is 8.65. The normalized spacial score (nSPS) is 10.9. The van der Waals surface area contributed by atoms with Crippen LogP contribution in [0.2, 0.25) is 0 Å². The van der Waals surface area contributed by atoms with Crippen LogP contribution in [0.15, 0.2) is 83.0 Å². The van der Waals surface area contributed by atoms with E-state index < -0.39 is 0 Å². The molecule has 0 spiro atoms. The molecular weight excluding hydrogens is 296 g/mol. The Balaban J connectivity index is 1.64. The third kappa shape index (κ3) is 4.29. The van der Waals surface area contributed by atoms with E-state index in [1.165, 1.54) is 5.56 Å². The highest BCUT2D eigenvalue weighted by molar-refractivity contribution is 5.48. The molecule has 0 fully saturated rings. The third-order valence-corrected chi connectivity index (χ3v) is 3.72. The number of aryl methyl sites for hydroxylation is 2. The minimum absolute atomic E-state index is 0.560. The predicted molar refractivity (Wildman–Crippen MR) is 97.3 cm³/mol. The van der Waals surface area contributed by atoms with Crippen LogP contribution in [0.25, 0.3) is 0 Å². The number of rotatable bonds is 5. The van der Waals surface area contributed by atoms with E-state index in [2.05, 4.69) is 29.3 Å². The van der Waals surface area contributed by atoms with Crippen LogP contribution in [0, 0.1) is 13.8 Å². The molecule has 24 heavy (non-hydrogen) atoms. The highest BCUT2D eigenvalue weighted by atomic mass is 16.5. The molecule has 3 heteroatoms. The molecule has 0 saturated heterocycles. The Morgan fingerprint density at radius 1 is 0.792 bits per heavy atom. The summed E-state index contributed by atoms with van der Waals surface area (Å²) in [5.41, 5.74) is 5.16. The molecule has 0 N–H and O–H groups in total. The Hall–Kier alpha value is -2.94. The van der Waals surface area contributed by atoms with Gasteiger partial charge in [0.2, 0.25) is 0 Å². The van der Waals surface area contributed by atoms with Gasteiger partial charge < -0.3 is 4.74 Å². The molecule has 0 unspecified atom stereocenters.